The zero-order valence-electron chi connectivity index (χ0n) is 19.0. The van der Waals surface area contributed by atoms with E-state index in [1.165, 1.54) is 27.8 Å². The van der Waals surface area contributed by atoms with Gasteiger partial charge >= 0.3 is 0 Å². The van der Waals surface area contributed by atoms with Gasteiger partial charge in [-0.1, -0.05) is 18.2 Å². The monoisotopic (exact) mass is 494 g/mol. The number of carbonyl (C=O) groups excluding carboxylic acids is 1. The van der Waals surface area contributed by atoms with Crippen LogP contribution in [0.1, 0.15) is 13.8 Å². The van der Waals surface area contributed by atoms with Gasteiger partial charge in [-0.25, -0.2) is 16.8 Å². The molecule has 1 amide bonds. The van der Waals surface area contributed by atoms with E-state index in [0.29, 0.717) is 18.8 Å². The van der Waals surface area contributed by atoms with Crippen LogP contribution in [0.2, 0.25) is 0 Å². The summed E-state index contributed by atoms with van der Waals surface area (Å²) in [6, 6.07) is 14.4. The highest BCUT2D eigenvalue weighted by Gasteiger charge is 2.30. The topological polar surface area (TPSA) is 107 Å². The average Bonchev–Trinajstić information content (AvgIpc) is 2.82. The van der Waals surface area contributed by atoms with E-state index >= 15 is 0 Å². The summed E-state index contributed by atoms with van der Waals surface area (Å²) in [4.78, 5) is 14.6. The molecule has 0 aromatic heterocycles. The molecule has 0 bridgehead atoms. The molecule has 9 nitrogen and oxygen atoms in total. The Morgan fingerprint density at radius 2 is 1.48 bits per heavy atom. The lowest BCUT2D eigenvalue weighted by Gasteiger charge is -2.34. The molecule has 0 aliphatic carbocycles. The molecule has 1 fully saturated rings. The molecule has 0 saturated carbocycles. The highest BCUT2D eigenvalue weighted by molar-refractivity contribution is 7.89. The molecule has 2 aromatic rings. The van der Waals surface area contributed by atoms with Crippen molar-refractivity contribution in [3.63, 3.8) is 0 Å². The normalized spacial score (nSPS) is 15.7. The molecule has 2 aromatic carbocycles. The Bertz CT molecular complexity index is 1160. The van der Waals surface area contributed by atoms with Crippen LogP contribution in [0.3, 0.4) is 0 Å². The van der Waals surface area contributed by atoms with Gasteiger partial charge in [0.15, 0.2) is 0 Å². The third-order valence-corrected chi connectivity index (χ3v) is 9.64. The fraction of sp³-hybridized carbons (Fsp3) is 0.409. The minimum atomic E-state index is -3.57. The maximum atomic E-state index is 12.7. The zero-order chi connectivity index (χ0) is 24.2. The Kier molecular flexibility index (Phi) is 7.78. The molecule has 33 heavy (non-hydrogen) atoms. The van der Waals surface area contributed by atoms with Gasteiger partial charge in [-0.05, 0) is 50.2 Å². The minimum Gasteiger partial charge on any atom is -0.376 e. The summed E-state index contributed by atoms with van der Waals surface area (Å²) in [7, 11) is -5.59. The first-order chi connectivity index (χ1) is 15.5. The highest BCUT2D eigenvalue weighted by atomic mass is 32.2. The van der Waals surface area contributed by atoms with Gasteiger partial charge < -0.3 is 10.2 Å². The van der Waals surface area contributed by atoms with Crippen LogP contribution in [0, 0.1) is 0 Å². The average molecular weight is 495 g/mol. The van der Waals surface area contributed by atoms with Crippen molar-refractivity contribution in [2.24, 2.45) is 0 Å². The molecular formula is C22H30N4O5S2. The molecule has 1 aliphatic heterocycles. The molecular weight excluding hydrogens is 464 g/mol. The number of rotatable bonds is 8. The molecule has 11 heteroatoms. The molecule has 0 radical (unpaired) electrons. The molecule has 1 aliphatic rings. The summed E-state index contributed by atoms with van der Waals surface area (Å²) < 4.78 is 53.2. The van der Waals surface area contributed by atoms with Gasteiger partial charge in [-0.2, -0.15) is 8.61 Å². The van der Waals surface area contributed by atoms with Crippen molar-refractivity contribution in [1.82, 2.24) is 13.5 Å². The Morgan fingerprint density at radius 3 is 2.03 bits per heavy atom. The van der Waals surface area contributed by atoms with Gasteiger partial charge in [-0.3, -0.25) is 4.79 Å². The maximum Gasteiger partial charge on any atom is 0.243 e. The fourth-order valence-corrected chi connectivity index (χ4v) is 6.21. The smallest absolute Gasteiger partial charge is 0.243 e. The van der Waals surface area contributed by atoms with Crippen molar-refractivity contribution in [2.75, 3.05) is 45.1 Å². The number of nitrogens with zero attached hydrogens (tertiary/aromatic N) is 3. The largest absolute Gasteiger partial charge is 0.376 e. The number of hydrogen-bond acceptors (Lipinski definition) is 6. The maximum absolute atomic E-state index is 12.7. The SMILES string of the molecule is CC(C)N(C)S(=O)(=O)c1ccc(NCC(=O)N2CCN(S(=O)(=O)c3ccccc3)CC2)cc1. The second kappa shape index (κ2) is 10.2. The van der Waals surface area contributed by atoms with E-state index in [1.807, 2.05) is 0 Å². The molecule has 0 atom stereocenters. The van der Waals surface area contributed by atoms with Crippen LogP contribution in [-0.4, -0.2) is 82.1 Å². The summed E-state index contributed by atoms with van der Waals surface area (Å²) in [5, 5.41) is 3.01. The molecule has 0 unspecified atom stereocenters. The van der Waals surface area contributed by atoms with Gasteiger partial charge in [0.2, 0.25) is 26.0 Å². The lowest BCUT2D eigenvalue weighted by atomic mass is 10.3. The Morgan fingerprint density at radius 1 is 0.909 bits per heavy atom. The minimum absolute atomic E-state index is 0.0312. The predicted molar refractivity (Wildman–Crippen MR) is 127 cm³/mol. The summed E-state index contributed by atoms with van der Waals surface area (Å²) >= 11 is 0. The van der Waals surface area contributed by atoms with E-state index in [1.54, 1.807) is 61.2 Å². The summed E-state index contributed by atoms with van der Waals surface area (Å²) in [6.45, 7) is 4.73. The van der Waals surface area contributed by atoms with Crippen molar-refractivity contribution in [3.8, 4) is 0 Å². The van der Waals surface area contributed by atoms with E-state index < -0.39 is 20.0 Å². The highest BCUT2D eigenvalue weighted by Crippen LogP contribution is 2.20. The van der Waals surface area contributed by atoms with Gasteiger partial charge in [-0.15, -0.1) is 0 Å². The Balaban J connectivity index is 1.53. The standard InChI is InChI=1S/C22H30N4O5S2/c1-18(2)24(3)32(28,29)21-11-9-19(10-12-21)23-17-22(27)25-13-15-26(16-14-25)33(30,31)20-7-5-4-6-8-20/h4-12,18,23H,13-17H2,1-3H3. The molecule has 1 N–H and O–H groups in total. The van der Waals surface area contributed by atoms with E-state index in [-0.39, 0.29) is 41.4 Å². The van der Waals surface area contributed by atoms with Crippen molar-refractivity contribution < 1.29 is 21.6 Å². The van der Waals surface area contributed by atoms with Gasteiger partial charge in [0.1, 0.15) is 0 Å². The molecule has 180 valence electrons. The summed E-state index contributed by atoms with van der Waals surface area (Å²) in [5.41, 5.74) is 0.625. The van der Waals surface area contributed by atoms with E-state index in [0.717, 1.165) is 0 Å². The number of sulfonamides is 2. The lowest BCUT2D eigenvalue weighted by molar-refractivity contribution is -0.130. The van der Waals surface area contributed by atoms with E-state index in [2.05, 4.69) is 5.32 Å². The quantitative estimate of drug-likeness (QED) is 0.598. The molecule has 1 heterocycles. The van der Waals surface area contributed by atoms with Gasteiger partial charge in [0, 0.05) is 45.0 Å². The Labute approximate surface area is 196 Å². The van der Waals surface area contributed by atoms with Crippen LogP contribution in [0.5, 0.6) is 0 Å². The number of piperazine rings is 1. The van der Waals surface area contributed by atoms with Crippen molar-refractivity contribution in [2.45, 2.75) is 29.7 Å². The number of anilines is 1. The number of amides is 1. The molecule has 0 spiro atoms. The zero-order valence-corrected chi connectivity index (χ0v) is 20.6. The number of hydrogen-bond donors (Lipinski definition) is 1. The second-order valence-electron chi connectivity index (χ2n) is 8.09. The first-order valence-corrected chi connectivity index (χ1v) is 13.6. The van der Waals surface area contributed by atoms with Crippen LogP contribution in [0.25, 0.3) is 0 Å². The number of nitrogens with one attached hydrogen (secondary N) is 1. The van der Waals surface area contributed by atoms with Crippen molar-refractivity contribution in [1.29, 1.82) is 0 Å². The first kappa shape index (κ1) is 25.2. The van der Waals surface area contributed by atoms with Gasteiger partial charge in [0.05, 0.1) is 16.3 Å². The fourth-order valence-electron chi connectivity index (χ4n) is 3.40. The first-order valence-electron chi connectivity index (χ1n) is 10.7. The second-order valence-corrected chi connectivity index (χ2v) is 12.0. The summed E-state index contributed by atoms with van der Waals surface area (Å²) in [6.07, 6.45) is 0. The van der Waals surface area contributed by atoms with Crippen LogP contribution < -0.4 is 5.32 Å². The third kappa shape index (κ3) is 5.72. The van der Waals surface area contributed by atoms with Crippen LogP contribution in [-0.2, 0) is 24.8 Å². The van der Waals surface area contributed by atoms with Crippen LogP contribution in [0.15, 0.2) is 64.4 Å². The van der Waals surface area contributed by atoms with Gasteiger partial charge in [0.25, 0.3) is 0 Å². The van der Waals surface area contributed by atoms with Crippen LogP contribution >= 0.6 is 0 Å². The van der Waals surface area contributed by atoms with Crippen molar-refractivity contribution >= 4 is 31.6 Å². The predicted octanol–water partition coefficient (Wildman–Crippen LogP) is 1.66. The molecule has 1 saturated heterocycles. The molecule has 3 rings (SSSR count). The number of carbonyl (C=O) groups is 1. The Hall–Kier alpha value is -2.47. The number of benzene rings is 2. The van der Waals surface area contributed by atoms with E-state index in [9.17, 15) is 21.6 Å². The van der Waals surface area contributed by atoms with Crippen molar-refractivity contribution in [3.05, 3.63) is 54.6 Å². The summed E-state index contributed by atoms with van der Waals surface area (Å²) in [5.74, 6) is -0.150. The van der Waals surface area contributed by atoms with E-state index in [4.69, 9.17) is 0 Å². The van der Waals surface area contributed by atoms with Crippen LogP contribution in [0.4, 0.5) is 5.69 Å². The lowest BCUT2D eigenvalue weighted by Crippen LogP contribution is -2.51. The third-order valence-electron chi connectivity index (χ3n) is 5.67.